The van der Waals surface area contributed by atoms with Crippen molar-refractivity contribution >= 4 is 10.8 Å². The molecule has 1 saturated heterocycles. The van der Waals surface area contributed by atoms with Crippen LogP contribution in [0.2, 0.25) is 0 Å². The number of rotatable bonds is 3. The molecule has 0 aromatic heterocycles. The highest BCUT2D eigenvalue weighted by Gasteiger charge is 2.22. The Balaban J connectivity index is 1.80. The van der Waals surface area contributed by atoms with Crippen molar-refractivity contribution in [3.05, 3.63) is 48.0 Å². The van der Waals surface area contributed by atoms with Crippen LogP contribution in [0.1, 0.15) is 44.3 Å². The van der Waals surface area contributed by atoms with Crippen molar-refractivity contribution in [3.8, 4) is 0 Å². The number of aliphatic hydroxyl groups is 1. The Morgan fingerprint density at radius 3 is 2.80 bits per heavy atom. The van der Waals surface area contributed by atoms with Crippen LogP contribution in [0, 0.1) is 0 Å². The molecule has 3 unspecified atom stereocenters. The monoisotopic (exact) mass is 269 g/mol. The molecular weight excluding hydrogens is 246 g/mol. The average Bonchev–Trinajstić information content (AvgIpc) is 2.46. The van der Waals surface area contributed by atoms with E-state index in [2.05, 4.69) is 36.5 Å². The minimum atomic E-state index is -0.385. The van der Waals surface area contributed by atoms with E-state index in [1.807, 2.05) is 18.2 Å². The summed E-state index contributed by atoms with van der Waals surface area (Å²) in [6.07, 6.45) is 4.11. The maximum Gasteiger partial charge on any atom is 0.0810 e. The van der Waals surface area contributed by atoms with E-state index in [0.717, 1.165) is 12.0 Å². The summed E-state index contributed by atoms with van der Waals surface area (Å²) in [6, 6.07) is 15.5. The molecule has 0 spiro atoms. The molecule has 106 valence electrons. The van der Waals surface area contributed by atoms with Crippen molar-refractivity contribution < 1.29 is 5.11 Å². The quantitative estimate of drug-likeness (QED) is 0.888. The van der Waals surface area contributed by atoms with E-state index in [1.54, 1.807) is 0 Å². The molecule has 20 heavy (non-hydrogen) atoms. The maximum absolute atomic E-state index is 10.6. The topological polar surface area (TPSA) is 32.3 Å². The summed E-state index contributed by atoms with van der Waals surface area (Å²) in [6.45, 7) is 2.23. The summed E-state index contributed by atoms with van der Waals surface area (Å²) in [5, 5.41) is 16.6. The van der Waals surface area contributed by atoms with E-state index in [-0.39, 0.29) is 6.10 Å². The maximum atomic E-state index is 10.6. The number of hydrogen-bond donors (Lipinski definition) is 2. The van der Waals surface area contributed by atoms with Gasteiger partial charge in [0.15, 0.2) is 0 Å². The third kappa shape index (κ3) is 2.87. The lowest BCUT2D eigenvalue weighted by atomic mass is 9.91. The largest absolute Gasteiger partial charge is 0.388 e. The first-order chi connectivity index (χ1) is 9.74. The summed E-state index contributed by atoms with van der Waals surface area (Å²) in [7, 11) is 0. The molecule has 2 nitrogen and oxygen atoms in total. The fourth-order valence-electron chi connectivity index (χ4n) is 3.36. The van der Waals surface area contributed by atoms with Gasteiger partial charge in [-0.3, -0.25) is 0 Å². The zero-order chi connectivity index (χ0) is 13.9. The Bertz CT molecular complexity index is 575. The van der Waals surface area contributed by atoms with Crippen LogP contribution in [0.5, 0.6) is 0 Å². The molecule has 0 bridgehead atoms. The van der Waals surface area contributed by atoms with Crippen molar-refractivity contribution in [2.24, 2.45) is 0 Å². The van der Waals surface area contributed by atoms with Gasteiger partial charge in [0.25, 0.3) is 0 Å². The second kappa shape index (κ2) is 5.94. The molecule has 1 fully saturated rings. The van der Waals surface area contributed by atoms with Gasteiger partial charge in [0, 0.05) is 12.1 Å². The van der Waals surface area contributed by atoms with Crippen LogP contribution in [0.25, 0.3) is 10.8 Å². The summed E-state index contributed by atoms with van der Waals surface area (Å²) < 4.78 is 0. The Hall–Kier alpha value is -1.38. The van der Waals surface area contributed by atoms with Crippen LogP contribution < -0.4 is 5.32 Å². The van der Waals surface area contributed by atoms with E-state index in [1.165, 1.54) is 30.0 Å². The normalized spacial score (nSPS) is 24.7. The molecule has 3 atom stereocenters. The second-order valence-electron chi connectivity index (χ2n) is 6.02. The van der Waals surface area contributed by atoms with Gasteiger partial charge in [0.2, 0.25) is 0 Å². The molecule has 3 rings (SSSR count). The molecular formula is C18H23NO. The highest BCUT2D eigenvalue weighted by molar-refractivity contribution is 5.85. The van der Waals surface area contributed by atoms with E-state index >= 15 is 0 Å². The van der Waals surface area contributed by atoms with Gasteiger partial charge in [0.05, 0.1) is 6.10 Å². The number of benzene rings is 2. The highest BCUT2D eigenvalue weighted by atomic mass is 16.3. The number of nitrogens with one attached hydrogen (secondary N) is 1. The molecule has 0 aliphatic carbocycles. The molecule has 0 saturated carbocycles. The fraction of sp³-hybridized carbons (Fsp3) is 0.444. The number of fused-ring (bicyclic) bond motifs is 1. The minimum Gasteiger partial charge on any atom is -0.388 e. The van der Waals surface area contributed by atoms with E-state index < -0.39 is 0 Å². The van der Waals surface area contributed by atoms with Gasteiger partial charge in [-0.15, -0.1) is 0 Å². The van der Waals surface area contributed by atoms with Crippen molar-refractivity contribution in [3.63, 3.8) is 0 Å². The van der Waals surface area contributed by atoms with Crippen molar-refractivity contribution in [2.75, 3.05) is 0 Å². The van der Waals surface area contributed by atoms with Gasteiger partial charge in [-0.25, -0.2) is 0 Å². The van der Waals surface area contributed by atoms with E-state index in [0.29, 0.717) is 12.1 Å². The third-order valence-electron chi connectivity index (χ3n) is 4.40. The van der Waals surface area contributed by atoms with Gasteiger partial charge in [-0.2, -0.15) is 0 Å². The predicted octanol–water partition coefficient (Wildman–Crippen LogP) is 3.79. The summed E-state index contributed by atoms with van der Waals surface area (Å²) in [5.41, 5.74) is 1.06. The number of piperidine rings is 1. The molecule has 2 aromatic carbocycles. The second-order valence-corrected chi connectivity index (χ2v) is 6.02. The Morgan fingerprint density at radius 1 is 1.15 bits per heavy atom. The number of hydrogen-bond acceptors (Lipinski definition) is 2. The van der Waals surface area contributed by atoms with Gasteiger partial charge in [-0.1, -0.05) is 48.9 Å². The minimum absolute atomic E-state index is 0.385. The van der Waals surface area contributed by atoms with Crippen molar-refractivity contribution in [1.82, 2.24) is 5.32 Å². The van der Waals surface area contributed by atoms with E-state index in [4.69, 9.17) is 0 Å². The third-order valence-corrected chi connectivity index (χ3v) is 4.40. The molecule has 2 heteroatoms. The lowest BCUT2D eigenvalue weighted by molar-refractivity contribution is 0.140. The average molecular weight is 269 g/mol. The first-order valence-corrected chi connectivity index (χ1v) is 7.66. The predicted molar refractivity (Wildman–Crippen MR) is 83.8 cm³/mol. The molecule has 0 amide bonds. The highest BCUT2D eigenvalue weighted by Crippen LogP contribution is 2.29. The van der Waals surface area contributed by atoms with Crippen LogP contribution in [0.3, 0.4) is 0 Å². The molecule has 2 aromatic rings. The molecule has 1 aliphatic heterocycles. The van der Waals surface area contributed by atoms with Crippen molar-refractivity contribution in [2.45, 2.75) is 50.8 Å². The van der Waals surface area contributed by atoms with Crippen LogP contribution in [0.4, 0.5) is 0 Å². The SMILES string of the molecule is CC1CCCC(CC(O)c2cccc3ccccc23)N1. The fourth-order valence-corrected chi connectivity index (χ4v) is 3.36. The Labute approximate surface area is 120 Å². The van der Waals surface area contributed by atoms with Crippen LogP contribution in [-0.2, 0) is 0 Å². The zero-order valence-corrected chi connectivity index (χ0v) is 12.0. The first kappa shape index (κ1) is 13.6. The summed E-state index contributed by atoms with van der Waals surface area (Å²) >= 11 is 0. The number of aliphatic hydroxyl groups excluding tert-OH is 1. The Morgan fingerprint density at radius 2 is 1.95 bits per heavy atom. The summed E-state index contributed by atoms with van der Waals surface area (Å²) in [4.78, 5) is 0. The Kier molecular flexibility index (Phi) is 4.04. The molecule has 1 aliphatic rings. The van der Waals surface area contributed by atoms with Gasteiger partial charge >= 0.3 is 0 Å². The zero-order valence-electron chi connectivity index (χ0n) is 12.0. The summed E-state index contributed by atoms with van der Waals surface area (Å²) in [5.74, 6) is 0. The molecule has 0 radical (unpaired) electrons. The van der Waals surface area contributed by atoms with Crippen LogP contribution in [-0.4, -0.2) is 17.2 Å². The molecule has 1 heterocycles. The van der Waals surface area contributed by atoms with Gasteiger partial charge < -0.3 is 10.4 Å². The lowest BCUT2D eigenvalue weighted by Gasteiger charge is -2.30. The lowest BCUT2D eigenvalue weighted by Crippen LogP contribution is -2.41. The van der Waals surface area contributed by atoms with Gasteiger partial charge in [-0.05, 0) is 42.5 Å². The first-order valence-electron chi connectivity index (χ1n) is 7.66. The van der Waals surface area contributed by atoms with Crippen LogP contribution in [0.15, 0.2) is 42.5 Å². The van der Waals surface area contributed by atoms with E-state index in [9.17, 15) is 5.11 Å². The standard InChI is InChI=1S/C18H23NO/c1-13-6-4-9-15(19-13)12-18(20)17-11-5-8-14-7-2-3-10-16(14)17/h2-3,5,7-8,10-11,13,15,18-20H,4,6,9,12H2,1H3. The van der Waals surface area contributed by atoms with Gasteiger partial charge in [0.1, 0.15) is 0 Å². The molecule has 2 N–H and O–H groups in total. The van der Waals surface area contributed by atoms with Crippen LogP contribution >= 0.6 is 0 Å². The smallest absolute Gasteiger partial charge is 0.0810 e. The van der Waals surface area contributed by atoms with Crippen molar-refractivity contribution in [1.29, 1.82) is 0 Å².